The number of benzene rings is 2. The minimum absolute atomic E-state index is 0.0132. The Morgan fingerprint density at radius 3 is 2.60 bits per heavy atom. The molecule has 0 saturated carbocycles. The molecular formula is C22H19BrF3N3O6. The van der Waals surface area contributed by atoms with Crippen LogP contribution in [0.3, 0.4) is 0 Å². The molecule has 4 rings (SSSR count). The van der Waals surface area contributed by atoms with E-state index in [0.29, 0.717) is 33.0 Å². The van der Waals surface area contributed by atoms with Crippen molar-refractivity contribution >= 4 is 33.8 Å². The first-order chi connectivity index (χ1) is 16.7. The highest BCUT2D eigenvalue weighted by Crippen LogP contribution is 2.54. The summed E-state index contributed by atoms with van der Waals surface area (Å²) < 4.78 is 61.8. The van der Waals surface area contributed by atoms with Crippen molar-refractivity contribution in [2.24, 2.45) is 10.3 Å². The average Bonchev–Trinajstić information content (AvgIpc) is 3.49. The molecule has 0 unspecified atom stereocenters. The first-order valence-electron chi connectivity index (χ1n) is 10.2. The Morgan fingerprint density at radius 2 is 1.91 bits per heavy atom. The molecule has 186 valence electrons. The van der Waals surface area contributed by atoms with Crippen molar-refractivity contribution in [3.05, 3.63) is 45.4 Å². The molecule has 0 bridgehead atoms. The number of nitrogens with zero attached hydrogens (tertiary/aromatic N) is 2. The Kier molecular flexibility index (Phi) is 7.05. The number of amides is 1. The van der Waals surface area contributed by atoms with Gasteiger partial charge in [-0.1, -0.05) is 23.4 Å². The predicted octanol–water partition coefficient (Wildman–Crippen LogP) is 4.05. The molecule has 2 aromatic rings. The summed E-state index contributed by atoms with van der Waals surface area (Å²) in [5.41, 5.74) is 1.84. The van der Waals surface area contributed by atoms with Gasteiger partial charge in [0.25, 0.3) is 5.91 Å². The molecule has 2 heterocycles. The number of carbonyl (C=O) groups excluding carboxylic acids is 1. The van der Waals surface area contributed by atoms with Crippen LogP contribution in [0.4, 0.5) is 13.2 Å². The number of rotatable bonds is 7. The summed E-state index contributed by atoms with van der Waals surface area (Å²) in [7, 11) is 2.98. The summed E-state index contributed by atoms with van der Waals surface area (Å²) in [5, 5.41) is 7.44. The fourth-order valence-corrected chi connectivity index (χ4v) is 4.35. The van der Waals surface area contributed by atoms with Crippen LogP contribution in [0.1, 0.15) is 23.1 Å². The maximum absolute atomic E-state index is 13.1. The van der Waals surface area contributed by atoms with E-state index in [1.54, 1.807) is 0 Å². The highest BCUT2D eigenvalue weighted by atomic mass is 79.9. The molecule has 2 aliphatic rings. The quantitative estimate of drug-likeness (QED) is 0.407. The van der Waals surface area contributed by atoms with Crippen LogP contribution in [0, 0.1) is 0 Å². The van der Waals surface area contributed by atoms with E-state index in [9.17, 15) is 18.0 Å². The fourth-order valence-electron chi connectivity index (χ4n) is 3.66. The first-order valence-corrected chi connectivity index (χ1v) is 11.0. The smallest absolute Gasteiger partial charge is 0.417 e. The molecule has 2 aromatic carbocycles. The number of hydrogen-bond acceptors (Lipinski definition) is 8. The Balaban J connectivity index is 1.43. The van der Waals surface area contributed by atoms with Crippen LogP contribution in [0.5, 0.6) is 23.0 Å². The van der Waals surface area contributed by atoms with Gasteiger partial charge in [-0.2, -0.15) is 18.3 Å². The number of halogens is 4. The van der Waals surface area contributed by atoms with Gasteiger partial charge in [0.05, 0.1) is 30.5 Å². The monoisotopic (exact) mass is 557 g/mol. The van der Waals surface area contributed by atoms with E-state index < -0.39 is 23.8 Å². The Morgan fingerprint density at radius 1 is 1.23 bits per heavy atom. The number of hydrazone groups is 1. The van der Waals surface area contributed by atoms with Crippen molar-refractivity contribution in [2.75, 3.05) is 21.0 Å². The molecule has 0 saturated heterocycles. The van der Waals surface area contributed by atoms with Crippen molar-refractivity contribution in [1.82, 2.24) is 5.43 Å². The van der Waals surface area contributed by atoms with Crippen LogP contribution < -0.4 is 24.4 Å². The highest BCUT2D eigenvalue weighted by molar-refractivity contribution is 9.10. The molecular weight excluding hydrogens is 539 g/mol. The Labute approximate surface area is 205 Å². The maximum Gasteiger partial charge on any atom is 0.417 e. The lowest BCUT2D eigenvalue weighted by atomic mass is 10.0. The largest absolute Gasteiger partial charge is 0.492 e. The molecule has 2 aliphatic heterocycles. The van der Waals surface area contributed by atoms with E-state index in [4.69, 9.17) is 23.8 Å². The predicted molar refractivity (Wildman–Crippen MR) is 121 cm³/mol. The van der Waals surface area contributed by atoms with E-state index in [-0.39, 0.29) is 30.9 Å². The number of hydrogen-bond donors (Lipinski definition) is 1. The topological polar surface area (TPSA) is 100.0 Å². The summed E-state index contributed by atoms with van der Waals surface area (Å²) >= 11 is 3.50. The molecule has 35 heavy (non-hydrogen) atoms. The molecule has 1 atom stereocenters. The minimum Gasteiger partial charge on any atom is -0.492 e. The third-order valence-electron chi connectivity index (χ3n) is 5.23. The van der Waals surface area contributed by atoms with Gasteiger partial charge < -0.3 is 23.8 Å². The Hall–Kier alpha value is -3.48. The standard InChI is InChI=1S/C22H19BrF3N3O6/c1-31-17-13(16(23)18(32-2)20-19(17)33-10-34-20)7-12-8-15(29-35-12)21(30)28-27-9-11-5-3-4-6-14(11)22(24,25)26/h3-6,9,12H,7-8,10H2,1-2H3,(H,28,30)/b27-9+/t12-/m0/s1. The lowest BCUT2D eigenvalue weighted by Crippen LogP contribution is -2.27. The van der Waals surface area contributed by atoms with E-state index in [0.717, 1.165) is 12.3 Å². The molecule has 0 spiro atoms. The highest BCUT2D eigenvalue weighted by Gasteiger charge is 2.35. The average molecular weight is 558 g/mol. The van der Waals surface area contributed by atoms with Crippen LogP contribution in [-0.4, -0.2) is 44.9 Å². The summed E-state index contributed by atoms with van der Waals surface area (Å²) in [6.07, 6.45) is -3.74. The summed E-state index contributed by atoms with van der Waals surface area (Å²) in [6.45, 7) is 0.0132. The number of nitrogens with one attached hydrogen (secondary N) is 1. The molecule has 13 heteroatoms. The first kappa shape index (κ1) is 24.6. The number of fused-ring (bicyclic) bond motifs is 1. The van der Waals surface area contributed by atoms with Gasteiger partial charge in [-0.3, -0.25) is 4.79 Å². The zero-order valence-electron chi connectivity index (χ0n) is 18.4. The van der Waals surface area contributed by atoms with Crippen LogP contribution in [-0.2, 0) is 22.2 Å². The van der Waals surface area contributed by atoms with Gasteiger partial charge in [0.15, 0.2) is 11.5 Å². The molecule has 0 aromatic heterocycles. The van der Waals surface area contributed by atoms with Gasteiger partial charge in [-0.15, -0.1) is 0 Å². The number of ether oxygens (including phenoxy) is 4. The van der Waals surface area contributed by atoms with Crippen molar-refractivity contribution < 1.29 is 41.8 Å². The molecule has 1 N–H and O–H groups in total. The van der Waals surface area contributed by atoms with Crippen molar-refractivity contribution in [3.63, 3.8) is 0 Å². The normalized spacial score (nSPS) is 16.7. The summed E-state index contributed by atoms with van der Waals surface area (Å²) in [4.78, 5) is 17.8. The number of oxime groups is 1. The zero-order chi connectivity index (χ0) is 25.2. The van der Waals surface area contributed by atoms with Gasteiger partial charge >= 0.3 is 6.18 Å². The second-order valence-electron chi connectivity index (χ2n) is 7.38. The van der Waals surface area contributed by atoms with Crippen LogP contribution in [0.25, 0.3) is 0 Å². The van der Waals surface area contributed by atoms with Crippen LogP contribution in [0.2, 0.25) is 0 Å². The lowest BCUT2D eigenvalue weighted by molar-refractivity contribution is -0.137. The van der Waals surface area contributed by atoms with Gasteiger partial charge in [0.1, 0.15) is 11.8 Å². The van der Waals surface area contributed by atoms with Gasteiger partial charge in [-0.25, -0.2) is 5.43 Å². The fraction of sp³-hybridized carbons (Fsp3) is 0.318. The number of methoxy groups -OCH3 is 2. The van der Waals surface area contributed by atoms with Crippen molar-refractivity contribution in [2.45, 2.75) is 25.1 Å². The Bertz CT molecular complexity index is 1200. The minimum atomic E-state index is -4.55. The molecule has 1 amide bonds. The molecule has 9 nitrogen and oxygen atoms in total. The van der Waals surface area contributed by atoms with Gasteiger partial charge in [0.2, 0.25) is 18.3 Å². The molecule has 0 aliphatic carbocycles. The van der Waals surface area contributed by atoms with E-state index >= 15 is 0 Å². The zero-order valence-corrected chi connectivity index (χ0v) is 20.0. The third-order valence-corrected chi connectivity index (χ3v) is 6.07. The van der Waals surface area contributed by atoms with Crippen molar-refractivity contribution in [3.8, 4) is 23.0 Å². The van der Waals surface area contributed by atoms with E-state index in [1.165, 1.54) is 32.4 Å². The maximum atomic E-state index is 13.1. The molecule has 0 radical (unpaired) electrons. The second-order valence-corrected chi connectivity index (χ2v) is 8.17. The molecule has 0 fully saturated rings. The van der Waals surface area contributed by atoms with E-state index in [1.807, 2.05) is 0 Å². The summed E-state index contributed by atoms with van der Waals surface area (Å²) in [5.74, 6) is 0.974. The van der Waals surface area contributed by atoms with Crippen molar-refractivity contribution in [1.29, 1.82) is 0 Å². The lowest BCUT2D eigenvalue weighted by Gasteiger charge is -2.18. The summed E-state index contributed by atoms with van der Waals surface area (Å²) in [6, 6.07) is 4.89. The van der Waals surface area contributed by atoms with Crippen LogP contribution in [0.15, 0.2) is 39.0 Å². The van der Waals surface area contributed by atoms with Crippen LogP contribution >= 0.6 is 15.9 Å². The van der Waals surface area contributed by atoms with Gasteiger partial charge in [-0.05, 0) is 22.0 Å². The third kappa shape index (κ3) is 4.99. The number of carbonyl (C=O) groups is 1. The van der Waals surface area contributed by atoms with E-state index in [2.05, 4.69) is 31.6 Å². The second kappa shape index (κ2) is 10.0. The number of alkyl halides is 3. The SMILES string of the molecule is COc1c(Br)c(C[C@H]2CC(C(=O)N/N=C/c3ccccc3C(F)(F)F)=NO2)c(OC)c2c1OCO2. The van der Waals surface area contributed by atoms with Gasteiger partial charge in [0, 0.05) is 24.0 Å².